The Hall–Kier alpha value is -1.81. The highest BCUT2D eigenvalue weighted by Gasteiger charge is 2.06. The van der Waals surface area contributed by atoms with E-state index in [2.05, 4.69) is 30.3 Å². The molecule has 2 aromatic rings. The van der Waals surface area contributed by atoms with E-state index in [0.29, 0.717) is 12.6 Å². The predicted molar refractivity (Wildman–Crippen MR) is 80.8 cm³/mol. The van der Waals surface area contributed by atoms with Gasteiger partial charge in [0.25, 0.3) is 0 Å². The molecule has 0 aliphatic heterocycles. The van der Waals surface area contributed by atoms with Gasteiger partial charge in [-0.2, -0.15) is 5.10 Å². The Morgan fingerprint density at radius 1 is 1.30 bits per heavy atom. The zero-order valence-electron chi connectivity index (χ0n) is 12.5. The third-order valence-corrected chi connectivity index (χ3v) is 3.42. The van der Waals surface area contributed by atoms with Gasteiger partial charge in [-0.25, -0.2) is 0 Å². The van der Waals surface area contributed by atoms with Gasteiger partial charge in [0.05, 0.1) is 5.69 Å². The van der Waals surface area contributed by atoms with Crippen LogP contribution in [-0.2, 0) is 13.2 Å². The minimum atomic E-state index is 0.431. The molecule has 0 aliphatic carbocycles. The highest BCUT2D eigenvalue weighted by atomic mass is 16.5. The highest BCUT2D eigenvalue weighted by molar-refractivity contribution is 5.33. The molecule has 108 valence electrons. The Bertz CT molecular complexity index is 536. The van der Waals surface area contributed by atoms with E-state index in [1.54, 1.807) is 0 Å². The lowest BCUT2D eigenvalue weighted by Crippen LogP contribution is -2.08. The fourth-order valence-corrected chi connectivity index (χ4v) is 2.02. The molecule has 0 spiro atoms. The van der Waals surface area contributed by atoms with Crippen LogP contribution in [-0.4, -0.2) is 16.8 Å². The smallest absolute Gasteiger partial charge is 0.132 e. The Morgan fingerprint density at radius 3 is 2.85 bits per heavy atom. The minimum Gasteiger partial charge on any atom is -0.487 e. The number of hydrogen-bond donors (Lipinski definition) is 1. The van der Waals surface area contributed by atoms with E-state index in [-0.39, 0.29) is 0 Å². The molecule has 0 bridgehead atoms. The molecule has 1 N–H and O–H groups in total. The molecule has 0 aliphatic rings. The number of para-hydroxylation sites is 1. The molecule has 1 unspecified atom stereocenters. The maximum Gasteiger partial charge on any atom is 0.132 e. The molecule has 1 aromatic carbocycles. The summed E-state index contributed by atoms with van der Waals surface area (Å²) in [4.78, 5) is 0. The van der Waals surface area contributed by atoms with Crippen molar-refractivity contribution in [2.75, 3.05) is 7.05 Å². The summed E-state index contributed by atoms with van der Waals surface area (Å²) in [5.41, 5.74) is 2.13. The molecule has 20 heavy (non-hydrogen) atoms. The summed E-state index contributed by atoms with van der Waals surface area (Å²) in [6.45, 7) is 5.64. The van der Waals surface area contributed by atoms with E-state index in [4.69, 9.17) is 4.74 Å². The van der Waals surface area contributed by atoms with Crippen LogP contribution in [0.5, 0.6) is 5.75 Å². The highest BCUT2D eigenvalue weighted by Crippen LogP contribution is 2.19. The average molecular weight is 273 g/mol. The van der Waals surface area contributed by atoms with Crippen LogP contribution < -0.4 is 10.1 Å². The fourth-order valence-electron chi connectivity index (χ4n) is 2.02. The standard InChI is InChI=1S/C16H23N3O/c1-4-13(2)19-10-9-15(18-19)12-20-16-8-6-5-7-14(16)11-17-3/h5-10,13,17H,4,11-12H2,1-3H3. The quantitative estimate of drug-likeness (QED) is 0.842. The Kier molecular flexibility index (Phi) is 5.18. The average Bonchev–Trinajstić information content (AvgIpc) is 2.95. The van der Waals surface area contributed by atoms with Crippen molar-refractivity contribution < 1.29 is 4.74 Å². The van der Waals surface area contributed by atoms with Gasteiger partial charge in [-0.05, 0) is 32.5 Å². The Balaban J connectivity index is 2.00. The van der Waals surface area contributed by atoms with Gasteiger partial charge in [-0.1, -0.05) is 25.1 Å². The Morgan fingerprint density at radius 2 is 2.10 bits per heavy atom. The van der Waals surface area contributed by atoms with Crippen molar-refractivity contribution in [3.05, 3.63) is 47.8 Å². The van der Waals surface area contributed by atoms with Gasteiger partial charge < -0.3 is 10.1 Å². The van der Waals surface area contributed by atoms with Gasteiger partial charge >= 0.3 is 0 Å². The van der Waals surface area contributed by atoms with Crippen molar-refractivity contribution in [2.24, 2.45) is 0 Å². The molecule has 2 rings (SSSR count). The van der Waals surface area contributed by atoms with Crippen LogP contribution in [0.25, 0.3) is 0 Å². The lowest BCUT2D eigenvalue weighted by atomic mass is 10.2. The van der Waals surface area contributed by atoms with Gasteiger partial charge in [-0.15, -0.1) is 0 Å². The van der Waals surface area contributed by atoms with Gasteiger partial charge in [0.15, 0.2) is 0 Å². The van der Waals surface area contributed by atoms with Gasteiger partial charge in [0.2, 0.25) is 0 Å². The molecule has 1 aromatic heterocycles. The van der Waals surface area contributed by atoms with Crippen LogP contribution in [0.1, 0.15) is 37.6 Å². The maximum absolute atomic E-state index is 5.89. The zero-order valence-corrected chi connectivity index (χ0v) is 12.5. The third-order valence-electron chi connectivity index (χ3n) is 3.42. The predicted octanol–water partition coefficient (Wildman–Crippen LogP) is 3.15. The summed E-state index contributed by atoms with van der Waals surface area (Å²) in [6.07, 6.45) is 3.10. The molecular weight excluding hydrogens is 250 g/mol. The molecular formula is C16H23N3O. The number of nitrogens with zero attached hydrogens (tertiary/aromatic N) is 2. The van der Waals surface area contributed by atoms with Crippen LogP contribution in [0.4, 0.5) is 0 Å². The van der Waals surface area contributed by atoms with Crippen LogP contribution in [0.2, 0.25) is 0 Å². The number of ether oxygens (including phenoxy) is 1. The molecule has 0 amide bonds. The normalized spacial score (nSPS) is 12.3. The summed E-state index contributed by atoms with van der Waals surface area (Å²) in [7, 11) is 1.94. The first-order chi connectivity index (χ1) is 9.74. The number of rotatable bonds is 7. The van der Waals surface area contributed by atoms with Crippen molar-refractivity contribution in [1.29, 1.82) is 0 Å². The number of hydrogen-bond acceptors (Lipinski definition) is 3. The molecule has 0 saturated carbocycles. The van der Waals surface area contributed by atoms with Gasteiger partial charge in [0.1, 0.15) is 12.4 Å². The first-order valence-corrected chi connectivity index (χ1v) is 7.14. The molecule has 4 nitrogen and oxygen atoms in total. The molecule has 0 fully saturated rings. The SMILES string of the molecule is CCC(C)n1ccc(COc2ccccc2CNC)n1. The van der Waals surface area contributed by atoms with Crippen LogP contribution >= 0.6 is 0 Å². The van der Waals surface area contributed by atoms with Crippen molar-refractivity contribution >= 4 is 0 Å². The third kappa shape index (κ3) is 3.61. The van der Waals surface area contributed by atoms with E-state index >= 15 is 0 Å². The first kappa shape index (κ1) is 14.6. The first-order valence-electron chi connectivity index (χ1n) is 7.14. The summed E-state index contributed by atoms with van der Waals surface area (Å²) >= 11 is 0. The Labute approximate surface area is 120 Å². The second-order valence-corrected chi connectivity index (χ2v) is 4.97. The number of aromatic nitrogens is 2. The van der Waals surface area contributed by atoms with E-state index < -0.39 is 0 Å². The monoisotopic (exact) mass is 273 g/mol. The lowest BCUT2D eigenvalue weighted by molar-refractivity contribution is 0.294. The lowest BCUT2D eigenvalue weighted by Gasteiger charge is -2.10. The molecule has 0 saturated heterocycles. The summed E-state index contributed by atoms with van der Waals surface area (Å²) in [6, 6.07) is 10.5. The van der Waals surface area contributed by atoms with Crippen molar-refractivity contribution in [3.63, 3.8) is 0 Å². The summed E-state index contributed by atoms with van der Waals surface area (Å²) in [5, 5.41) is 7.70. The van der Waals surface area contributed by atoms with Crippen LogP contribution in [0.15, 0.2) is 36.5 Å². The summed E-state index contributed by atoms with van der Waals surface area (Å²) in [5.74, 6) is 0.917. The second-order valence-electron chi connectivity index (χ2n) is 4.97. The van der Waals surface area contributed by atoms with E-state index in [0.717, 1.165) is 30.0 Å². The number of benzene rings is 1. The topological polar surface area (TPSA) is 39.1 Å². The van der Waals surface area contributed by atoms with Crippen molar-refractivity contribution in [2.45, 2.75) is 39.5 Å². The van der Waals surface area contributed by atoms with Crippen molar-refractivity contribution in [1.82, 2.24) is 15.1 Å². The van der Waals surface area contributed by atoms with E-state index in [1.165, 1.54) is 0 Å². The molecule has 0 radical (unpaired) electrons. The van der Waals surface area contributed by atoms with Crippen LogP contribution in [0, 0.1) is 0 Å². The van der Waals surface area contributed by atoms with Gasteiger partial charge in [-0.3, -0.25) is 4.68 Å². The zero-order chi connectivity index (χ0) is 14.4. The number of nitrogens with one attached hydrogen (secondary N) is 1. The maximum atomic E-state index is 5.89. The molecule has 1 atom stereocenters. The van der Waals surface area contributed by atoms with Gasteiger partial charge in [0, 0.05) is 24.3 Å². The second kappa shape index (κ2) is 7.10. The van der Waals surface area contributed by atoms with E-state index in [1.807, 2.05) is 42.2 Å². The van der Waals surface area contributed by atoms with Crippen LogP contribution in [0.3, 0.4) is 0 Å². The molecule has 4 heteroatoms. The summed E-state index contributed by atoms with van der Waals surface area (Å²) < 4.78 is 7.88. The molecule has 1 heterocycles. The van der Waals surface area contributed by atoms with Crippen molar-refractivity contribution in [3.8, 4) is 5.75 Å². The fraction of sp³-hybridized carbons (Fsp3) is 0.438. The van der Waals surface area contributed by atoms with E-state index in [9.17, 15) is 0 Å². The minimum absolute atomic E-state index is 0.431. The largest absolute Gasteiger partial charge is 0.487 e.